The summed E-state index contributed by atoms with van der Waals surface area (Å²) in [6.07, 6.45) is 2.04. The van der Waals surface area contributed by atoms with Gasteiger partial charge in [-0.05, 0) is 53.0 Å². The van der Waals surface area contributed by atoms with Crippen LogP contribution in [-0.4, -0.2) is 39.4 Å². The van der Waals surface area contributed by atoms with Crippen LogP contribution in [0.15, 0.2) is 152 Å². The molecule has 6 nitrogen and oxygen atoms in total. The van der Waals surface area contributed by atoms with Crippen LogP contribution in [0.1, 0.15) is 35.6 Å². The van der Waals surface area contributed by atoms with E-state index >= 15 is 0 Å². The second-order valence-corrected chi connectivity index (χ2v) is 18.8. The highest BCUT2D eigenvalue weighted by atomic mass is 28.3. The van der Waals surface area contributed by atoms with Crippen LogP contribution < -0.4 is 9.64 Å². The Morgan fingerprint density at radius 2 is 1.25 bits per heavy atom. The summed E-state index contributed by atoms with van der Waals surface area (Å²) in [7, 11) is -1.86. The number of hydrogen-bond donors (Lipinski definition) is 0. The summed E-state index contributed by atoms with van der Waals surface area (Å²) in [5, 5.41) is 0. The number of fused-ring (bicyclic) bond motifs is 1. The summed E-state index contributed by atoms with van der Waals surface area (Å²) in [4.78, 5) is 27.7. The van der Waals surface area contributed by atoms with E-state index in [9.17, 15) is 9.59 Å². The molecule has 0 bridgehead atoms. The van der Waals surface area contributed by atoms with Gasteiger partial charge in [0.05, 0.1) is 18.9 Å². The maximum absolute atomic E-state index is 14.1. The summed E-state index contributed by atoms with van der Waals surface area (Å²) in [6, 6.07) is 47.1. The molecule has 53 heavy (non-hydrogen) atoms. The van der Waals surface area contributed by atoms with Crippen LogP contribution in [0, 0.1) is 17.4 Å². The zero-order valence-corrected chi connectivity index (χ0v) is 31.7. The summed E-state index contributed by atoms with van der Waals surface area (Å²) in [5.41, 5.74) is 8.04. The fourth-order valence-corrected chi connectivity index (χ4v) is 7.26. The molecule has 7 heteroatoms. The van der Waals surface area contributed by atoms with Crippen molar-refractivity contribution < 1.29 is 23.8 Å². The predicted octanol–water partition coefficient (Wildman–Crippen LogP) is 9.92. The molecule has 0 aromatic heterocycles. The molecule has 1 heterocycles. The zero-order valence-electron chi connectivity index (χ0n) is 30.7. The third-order valence-electron chi connectivity index (χ3n) is 9.08. The molecule has 0 unspecified atom stereocenters. The third kappa shape index (κ3) is 8.86. The van der Waals surface area contributed by atoms with Gasteiger partial charge in [0.25, 0.3) is 0 Å². The highest BCUT2D eigenvalue weighted by molar-refractivity contribution is 6.83. The number of nitrogens with zero attached hydrogens (tertiary/aromatic N) is 1. The Kier molecular flexibility index (Phi) is 11.7. The minimum Gasteiger partial charge on any atom is -0.466 e. The standard InChI is InChI=1S/C46H45NO5Si/c1-35(48)50-31-29-36(34-51-46(37-19-9-5-10-20-37,38-21-11-6-12-22-38)39-23-13-7-14-24-39)43-33-40(30-32-53(2,3)4)47(44-28-18-17-27-42(43)44)45(49)52-41-25-15-8-16-26-41/h5-28,33,36,40H,29,31,34H2,1-4H3/t36-,40+/m1/s1. The molecule has 0 aliphatic carbocycles. The third-order valence-corrected chi connectivity index (χ3v) is 9.98. The number of benzene rings is 5. The number of carbonyl (C=O) groups is 2. The molecular weight excluding hydrogens is 675 g/mol. The Morgan fingerprint density at radius 1 is 0.736 bits per heavy atom. The number of hydrogen-bond acceptors (Lipinski definition) is 5. The lowest BCUT2D eigenvalue weighted by molar-refractivity contribution is -0.141. The molecule has 5 aromatic carbocycles. The predicted molar refractivity (Wildman–Crippen MR) is 214 cm³/mol. The lowest BCUT2D eigenvalue weighted by Gasteiger charge is -2.39. The van der Waals surface area contributed by atoms with E-state index in [1.165, 1.54) is 6.92 Å². The maximum atomic E-state index is 14.1. The molecule has 0 saturated carbocycles. The van der Waals surface area contributed by atoms with Crippen LogP contribution in [0.2, 0.25) is 19.6 Å². The first-order valence-electron chi connectivity index (χ1n) is 18.0. The van der Waals surface area contributed by atoms with Crippen molar-refractivity contribution in [3.05, 3.63) is 174 Å². The van der Waals surface area contributed by atoms with E-state index in [-0.39, 0.29) is 25.1 Å². The number of amides is 1. The molecule has 0 fully saturated rings. The van der Waals surface area contributed by atoms with Crippen molar-refractivity contribution >= 4 is 31.4 Å². The van der Waals surface area contributed by atoms with Gasteiger partial charge in [-0.1, -0.05) is 153 Å². The Labute approximate surface area is 314 Å². The van der Waals surface area contributed by atoms with Crippen LogP contribution in [0.5, 0.6) is 5.75 Å². The van der Waals surface area contributed by atoms with Crippen LogP contribution in [0.4, 0.5) is 10.5 Å². The number of para-hydroxylation sites is 2. The van der Waals surface area contributed by atoms with Crippen molar-refractivity contribution in [2.24, 2.45) is 5.92 Å². The first-order valence-corrected chi connectivity index (χ1v) is 21.5. The first kappa shape index (κ1) is 37.1. The van der Waals surface area contributed by atoms with Gasteiger partial charge in [0.15, 0.2) is 0 Å². The quantitative estimate of drug-likeness (QED) is 0.0589. The Hall–Kier alpha value is -5.68. The van der Waals surface area contributed by atoms with Crippen LogP contribution >= 0.6 is 0 Å². The topological polar surface area (TPSA) is 65.1 Å². The van der Waals surface area contributed by atoms with Crippen molar-refractivity contribution in [3.63, 3.8) is 0 Å². The fourth-order valence-electron chi connectivity index (χ4n) is 6.68. The SMILES string of the molecule is CC(=O)OCC[C@H](COC(c1ccccc1)(c1ccccc1)c1ccccc1)C1=C[C@H](C#C[Si](C)(C)C)N(C(=O)Oc2ccccc2)c2ccccc21. The molecule has 0 N–H and O–H groups in total. The van der Waals surface area contributed by atoms with Gasteiger partial charge in [-0.15, -0.1) is 5.54 Å². The van der Waals surface area contributed by atoms with Gasteiger partial charge in [0, 0.05) is 18.4 Å². The summed E-state index contributed by atoms with van der Waals surface area (Å²) < 4.78 is 18.8. The van der Waals surface area contributed by atoms with E-state index in [0.29, 0.717) is 17.9 Å². The normalized spacial score (nSPS) is 14.5. The van der Waals surface area contributed by atoms with Crippen LogP contribution in [0.25, 0.3) is 5.57 Å². The lowest BCUT2D eigenvalue weighted by Crippen LogP contribution is -2.44. The van der Waals surface area contributed by atoms with Crippen LogP contribution in [0.3, 0.4) is 0 Å². The summed E-state index contributed by atoms with van der Waals surface area (Å²) >= 11 is 0. The first-order chi connectivity index (χ1) is 25.7. The van der Waals surface area contributed by atoms with E-state index in [1.807, 2.05) is 97.1 Å². The average molecular weight is 720 g/mol. The van der Waals surface area contributed by atoms with Gasteiger partial charge in [-0.3, -0.25) is 9.69 Å². The van der Waals surface area contributed by atoms with Crippen molar-refractivity contribution in [2.45, 2.75) is 44.6 Å². The molecule has 0 saturated heterocycles. The molecule has 1 aliphatic rings. The van der Waals surface area contributed by atoms with Crippen molar-refractivity contribution in [3.8, 4) is 17.2 Å². The van der Waals surface area contributed by atoms with E-state index < -0.39 is 25.8 Å². The molecule has 268 valence electrons. The average Bonchev–Trinajstić information content (AvgIpc) is 3.17. The fraction of sp³-hybridized carbons (Fsp3) is 0.217. The maximum Gasteiger partial charge on any atom is 0.421 e. The minimum atomic E-state index is -1.86. The van der Waals surface area contributed by atoms with Crippen molar-refractivity contribution in [1.29, 1.82) is 0 Å². The molecule has 5 aromatic rings. The smallest absolute Gasteiger partial charge is 0.421 e. The number of ether oxygens (including phenoxy) is 3. The lowest BCUT2D eigenvalue weighted by atomic mass is 9.79. The molecule has 6 rings (SSSR count). The molecule has 0 spiro atoms. The number of rotatable bonds is 11. The largest absolute Gasteiger partial charge is 0.466 e. The van der Waals surface area contributed by atoms with Gasteiger partial charge < -0.3 is 14.2 Å². The van der Waals surface area contributed by atoms with Gasteiger partial charge >= 0.3 is 12.1 Å². The molecule has 1 amide bonds. The number of carbonyl (C=O) groups excluding carboxylic acids is 2. The van der Waals surface area contributed by atoms with E-state index in [0.717, 1.165) is 27.8 Å². The molecule has 0 radical (unpaired) electrons. The summed E-state index contributed by atoms with van der Waals surface area (Å²) in [5.74, 6) is 3.32. The molecule has 2 atom stereocenters. The Morgan fingerprint density at radius 3 is 1.77 bits per heavy atom. The zero-order chi connectivity index (χ0) is 37.3. The van der Waals surface area contributed by atoms with E-state index in [4.69, 9.17) is 14.2 Å². The van der Waals surface area contributed by atoms with E-state index in [1.54, 1.807) is 17.0 Å². The number of esters is 1. The molecular formula is C46H45NO5Si. The minimum absolute atomic E-state index is 0.197. The molecule has 1 aliphatic heterocycles. The Balaban J connectivity index is 1.48. The highest BCUT2D eigenvalue weighted by Gasteiger charge is 2.40. The highest BCUT2D eigenvalue weighted by Crippen LogP contribution is 2.44. The summed E-state index contributed by atoms with van der Waals surface area (Å²) in [6.45, 7) is 8.43. The second-order valence-electron chi connectivity index (χ2n) is 14.1. The second kappa shape index (κ2) is 16.8. The van der Waals surface area contributed by atoms with Gasteiger partial charge in [0.2, 0.25) is 0 Å². The van der Waals surface area contributed by atoms with Crippen molar-refractivity contribution in [2.75, 3.05) is 18.1 Å². The van der Waals surface area contributed by atoms with Gasteiger partial charge in [0.1, 0.15) is 25.5 Å². The Bertz CT molecular complexity index is 1990. The monoisotopic (exact) mass is 719 g/mol. The van der Waals surface area contributed by atoms with Gasteiger partial charge in [-0.2, -0.15) is 0 Å². The van der Waals surface area contributed by atoms with Gasteiger partial charge in [-0.25, -0.2) is 4.79 Å². The van der Waals surface area contributed by atoms with Crippen molar-refractivity contribution in [1.82, 2.24) is 0 Å². The van der Waals surface area contributed by atoms with E-state index in [2.05, 4.69) is 73.6 Å². The number of anilines is 1. The van der Waals surface area contributed by atoms with Crippen LogP contribution in [-0.2, 0) is 19.9 Å².